The van der Waals surface area contributed by atoms with Gasteiger partial charge in [-0.3, -0.25) is 10.1 Å². The van der Waals surface area contributed by atoms with E-state index in [-0.39, 0.29) is 12.6 Å². The monoisotopic (exact) mass is 447 g/mol. The summed E-state index contributed by atoms with van der Waals surface area (Å²) in [5.74, 6) is -0.407. The Morgan fingerprint density at radius 2 is 1.79 bits per heavy atom. The number of hydrogen-bond acceptors (Lipinski definition) is 4. The lowest BCUT2D eigenvalue weighted by Gasteiger charge is -2.21. The van der Waals surface area contributed by atoms with Crippen LogP contribution in [0.25, 0.3) is 0 Å². The number of carbonyl (C=O) groups is 2. The third-order valence-corrected chi connectivity index (χ3v) is 4.84. The highest BCUT2D eigenvalue weighted by Gasteiger charge is 2.18. The topological polar surface area (TPSA) is 93.4 Å². The van der Waals surface area contributed by atoms with Gasteiger partial charge in [-0.25, -0.2) is 4.79 Å². The van der Waals surface area contributed by atoms with E-state index in [2.05, 4.69) is 26.6 Å². The zero-order valence-electron chi connectivity index (χ0n) is 15.9. The zero-order chi connectivity index (χ0) is 20.4. The fraction of sp³-hybridized carbons (Fsp3) is 0.333. The first kappa shape index (κ1) is 21.9. The number of benzene rings is 2. The molecule has 0 aliphatic carbocycles. The maximum atomic E-state index is 11.7. The van der Waals surface area contributed by atoms with Gasteiger partial charge in [0.05, 0.1) is 6.04 Å². The molecule has 4 N–H and O–H groups in total. The Morgan fingerprint density at radius 3 is 2.43 bits per heavy atom. The van der Waals surface area contributed by atoms with Gasteiger partial charge in [-0.1, -0.05) is 58.4 Å². The largest absolute Gasteiger partial charge is 0.445 e. The van der Waals surface area contributed by atoms with E-state index >= 15 is 0 Å². The minimum absolute atomic E-state index is 0.0191. The maximum Gasteiger partial charge on any atom is 0.407 e. The van der Waals surface area contributed by atoms with Crippen LogP contribution in [0.1, 0.15) is 36.9 Å². The van der Waals surface area contributed by atoms with Gasteiger partial charge in [0.15, 0.2) is 0 Å². The van der Waals surface area contributed by atoms with E-state index in [0.29, 0.717) is 19.4 Å². The molecular formula is C21H26BrN3O3. The second kappa shape index (κ2) is 11.5. The van der Waals surface area contributed by atoms with Gasteiger partial charge in [0.1, 0.15) is 6.61 Å². The van der Waals surface area contributed by atoms with Gasteiger partial charge >= 0.3 is 6.09 Å². The fourth-order valence-electron chi connectivity index (χ4n) is 2.73. The lowest BCUT2D eigenvalue weighted by molar-refractivity contribution is -0.120. The van der Waals surface area contributed by atoms with E-state index < -0.39 is 18.0 Å². The van der Waals surface area contributed by atoms with Crippen molar-refractivity contribution in [3.63, 3.8) is 0 Å². The molecule has 0 heterocycles. The standard InChI is InChI=1S/C21H26BrN3O3/c1-15(17-9-11-18(22)12-10-17)25-19(20(23)26)8-5-13-24-21(27)28-14-16-6-3-2-4-7-16/h2-4,6-7,9-12,15,19,25H,5,8,13-14H2,1H3,(H2,23,26)(H,24,27)/t15-,19+/m0/s1. The molecule has 6 nitrogen and oxygen atoms in total. The third kappa shape index (κ3) is 7.70. The predicted octanol–water partition coefficient (Wildman–Crippen LogP) is 3.66. The average molecular weight is 448 g/mol. The highest BCUT2D eigenvalue weighted by molar-refractivity contribution is 9.10. The van der Waals surface area contributed by atoms with E-state index in [9.17, 15) is 9.59 Å². The van der Waals surface area contributed by atoms with E-state index in [4.69, 9.17) is 10.5 Å². The molecule has 7 heteroatoms. The summed E-state index contributed by atoms with van der Waals surface area (Å²) in [6.07, 6.45) is 0.652. The second-order valence-corrected chi connectivity index (χ2v) is 7.44. The minimum Gasteiger partial charge on any atom is -0.445 e. The number of nitrogens with one attached hydrogen (secondary N) is 2. The molecule has 2 aromatic carbocycles. The number of alkyl carbamates (subject to hydrolysis) is 1. The van der Waals surface area contributed by atoms with Crippen molar-refractivity contribution >= 4 is 27.9 Å². The van der Waals surface area contributed by atoms with Crippen molar-refractivity contribution < 1.29 is 14.3 Å². The van der Waals surface area contributed by atoms with Crippen LogP contribution >= 0.6 is 15.9 Å². The van der Waals surface area contributed by atoms with Crippen molar-refractivity contribution in [1.82, 2.24) is 10.6 Å². The summed E-state index contributed by atoms with van der Waals surface area (Å²) >= 11 is 3.41. The summed E-state index contributed by atoms with van der Waals surface area (Å²) in [7, 11) is 0. The number of rotatable bonds is 10. The first-order valence-electron chi connectivity index (χ1n) is 9.21. The molecule has 0 saturated heterocycles. The molecule has 0 saturated carbocycles. The highest BCUT2D eigenvalue weighted by atomic mass is 79.9. The van der Waals surface area contributed by atoms with Gasteiger partial charge in [-0.15, -0.1) is 0 Å². The Labute approximate surface area is 174 Å². The van der Waals surface area contributed by atoms with Crippen molar-refractivity contribution in [3.05, 3.63) is 70.2 Å². The van der Waals surface area contributed by atoms with E-state index in [1.54, 1.807) is 0 Å². The normalized spacial score (nSPS) is 12.8. The Balaban J connectivity index is 1.70. The fourth-order valence-corrected chi connectivity index (χ4v) is 2.99. The van der Waals surface area contributed by atoms with Gasteiger partial charge in [-0.2, -0.15) is 0 Å². The highest BCUT2D eigenvalue weighted by Crippen LogP contribution is 2.17. The predicted molar refractivity (Wildman–Crippen MR) is 113 cm³/mol. The van der Waals surface area contributed by atoms with Crippen molar-refractivity contribution in [2.75, 3.05) is 6.54 Å². The molecule has 2 aromatic rings. The smallest absolute Gasteiger partial charge is 0.407 e. The van der Waals surface area contributed by atoms with Gasteiger partial charge in [0.25, 0.3) is 0 Å². The van der Waals surface area contributed by atoms with Crippen molar-refractivity contribution in [1.29, 1.82) is 0 Å². The summed E-state index contributed by atoms with van der Waals surface area (Å²) < 4.78 is 6.15. The summed E-state index contributed by atoms with van der Waals surface area (Å²) in [6.45, 7) is 2.62. The Hall–Kier alpha value is -2.38. The number of ether oxygens (including phenoxy) is 1. The molecule has 0 bridgehead atoms. The van der Waals surface area contributed by atoms with Crippen LogP contribution in [0.5, 0.6) is 0 Å². The van der Waals surface area contributed by atoms with E-state index in [0.717, 1.165) is 15.6 Å². The van der Waals surface area contributed by atoms with Crippen LogP contribution in [0, 0.1) is 0 Å². The number of primary amides is 1. The van der Waals surface area contributed by atoms with E-state index in [1.165, 1.54) is 0 Å². The first-order valence-corrected chi connectivity index (χ1v) is 10.0. The zero-order valence-corrected chi connectivity index (χ0v) is 17.4. The maximum absolute atomic E-state index is 11.7. The molecule has 0 fully saturated rings. The van der Waals surface area contributed by atoms with Crippen molar-refractivity contribution in [3.8, 4) is 0 Å². The summed E-state index contributed by atoms with van der Waals surface area (Å²) in [5, 5.41) is 5.95. The van der Waals surface area contributed by atoms with Crippen molar-refractivity contribution in [2.24, 2.45) is 5.73 Å². The van der Waals surface area contributed by atoms with Crippen LogP contribution in [0.4, 0.5) is 4.79 Å². The lowest BCUT2D eigenvalue weighted by Crippen LogP contribution is -2.43. The molecule has 0 aliphatic rings. The molecule has 0 radical (unpaired) electrons. The molecule has 0 aliphatic heterocycles. The van der Waals surface area contributed by atoms with Crippen molar-refractivity contribution in [2.45, 2.75) is 38.5 Å². The lowest BCUT2D eigenvalue weighted by atomic mass is 10.1. The molecule has 2 rings (SSSR count). The molecule has 2 atom stereocenters. The summed E-state index contributed by atoms with van der Waals surface area (Å²) in [4.78, 5) is 23.5. The number of hydrogen-bond donors (Lipinski definition) is 3. The summed E-state index contributed by atoms with van der Waals surface area (Å²) in [5.41, 5.74) is 7.52. The number of amides is 2. The average Bonchev–Trinajstić information content (AvgIpc) is 2.69. The second-order valence-electron chi connectivity index (χ2n) is 6.53. The van der Waals surface area contributed by atoms with Gasteiger partial charge in [0.2, 0.25) is 5.91 Å². The molecule has 0 aromatic heterocycles. The van der Waals surface area contributed by atoms with Crippen LogP contribution in [0.2, 0.25) is 0 Å². The van der Waals surface area contributed by atoms with Gasteiger partial charge in [0, 0.05) is 17.1 Å². The summed E-state index contributed by atoms with van der Waals surface area (Å²) in [6, 6.07) is 16.9. The van der Waals surface area contributed by atoms with Crippen LogP contribution in [0.3, 0.4) is 0 Å². The molecule has 150 valence electrons. The van der Waals surface area contributed by atoms with Crippen LogP contribution < -0.4 is 16.4 Å². The molecular weight excluding hydrogens is 422 g/mol. The minimum atomic E-state index is -0.476. The quantitative estimate of drug-likeness (QED) is 0.484. The third-order valence-electron chi connectivity index (χ3n) is 4.32. The van der Waals surface area contributed by atoms with Crippen LogP contribution in [0.15, 0.2) is 59.1 Å². The van der Waals surface area contributed by atoms with Crippen LogP contribution in [-0.4, -0.2) is 24.6 Å². The molecule has 0 unspecified atom stereocenters. The van der Waals surface area contributed by atoms with Gasteiger partial charge < -0.3 is 15.8 Å². The first-order chi connectivity index (χ1) is 13.5. The van der Waals surface area contributed by atoms with Crippen LogP contribution in [-0.2, 0) is 16.1 Å². The van der Waals surface area contributed by atoms with E-state index in [1.807, 2.05) is 61.5 Å². The Kier molecular flexibility index (Phi) is 8.97. The number of halogens is 1. The SMILES string of the molecule is C[C@H](N[C@H](CCCNC(=O)OCc1ccccc1)C(N)=O)c1ccc(Br)cc1. The number of carbonyl (C=O) groups excluding carboxylic acids is 2. The Morgan fingerprint density at radius 1 is 1.11 bits per heavy atom. The van der Waals surface area contributed by atoms with Gasteiger partial charge in [-0.05, 0) is 43.0 Å². The Bertz CT molecular complexity index is 753. The number of nitrogens with two attached hydrogens (primary N) is 1. The molecule has 0 spiro atoms. The molecule has 2 amide bonds. The molecule has 28 heavy (non-hydrogen) atoms.